The number of hydrogen-bond donors (Lipinski definition) is 3. The molecule has 1 aromatic carbocycles. The molecule has 2 rings (SSSR count). The maximum absolute atomic E-state index is 13.5. The molecule has 0 saturated carbocycles. The second-order valence-electron chi connectivity index (χ2n) is 3.62. The number of benzene rings is 1. The van der Waals surface area contributed by atoms with Gasteiger partial charge in [0.15, 0.2) is 0 Å². The van der Waals surface area contributed by atoms with Crippen LogP contribution in [0.1, 0.15) is 5.56 Å². The molecule has 4 N–H and O–H groups in total. The van der Waals surface area contributed by atoms with Crippen molar-refractivity contribution in [1.29, 1.82) is 0 Å². The number of hydrogen-bond acceptors (Lipinski definition) is 4. The summed E-state index contributed by atoms with van der Waals surface area (Å²) >= 11 is 0. The smallest absolute Gasteiger partial charge is 0.243 e. The van der Waals surface area contributed by atoms with Gasteiger partial charge in [0.05, 0.1) is 6.20 Å². The molecule has 1 aromatic heterocycles. The zero-order chi connectivity index (χ0) is 13.2. The highest BCUT2D eigenvalue weighted by Crippen LogP contribution is 2.17. The summed E-state index contributed by atoms with van der Waals surface area (Å²) in [7, 11) is -3.91. The first-order valence-electron chi connectivity index (χ1n) is 5.01. The van der Waals surface area contributed by atoms with Crippen LogP contribution in [0.15, 0.2) is 35.5 Å². The standard InChI is InChI=1S/C10H11FN4O2S/c11-9-3-8(12)1-2-10(9)18(16,17)15-6-7-4-13-14-5-7/h1-5,15H,6,12H2,(H,13,14). The average Bonchev–Trinajstić information content (AvgIpc) is 2.78. The van der Waals surface area contributed by atoms with Gasteiger partial charge in [-0.15, -0.1) is 0 Å². The minimum atomic E-state index is -3.91. The molecule has 0 unspecified atom stereocenters. The maximum atomic E-state index is 13.5. The summed E-state index contributed by atoms with van der Waals surface area (Å²) in [5, 5.41) is 6.22. The van der Waals surface area contributed by atoms with E-state index in [0.717, 1.165) is 12.1 Å². The number of aromatic amines is 1. The van der Waals surface area contributed by atoms with Crippen molar-refractivity contribution in [1.82, 2.24) is 14.9 Å². The Labute approximate surface area is 103 Å². The van der Waals surface area contributed by atoms with Gasteiger partial charge < -0.3 is 5.73 Å². The van der Waals surface area contributed by atoms with Gasteiger partial charge in [-0.25, -0.2) is 17.5 Å². The van der Waals surface area contributed by atoms with Crippen LogP contribution in [0.4, 0.5) is 10.1 Å². The van der Waals surface area contributed by atoms with Gasteiger partial charge in [-0.1, -0.05) is 0 Å². The van der Waals surface area contributed by atoms with Gasteiger partial charge in [-0.05, 0) is 18.2 Å². The van der Waals surface area contributed by atoms with Crippen LogP contribution in [0.3, 0.4) is 0 Å². The number of nitrogens with one attached hydrogen (secondary N) is 2. The first-order chi connectivity index (χ1) is 8.49. The first-order valence-corrected chi connectivity index (χ1v) is 6.50. The Balaban J connectivity index is 2.20. The number of nitrogen functional groups attached to an aromatic ring is 1. The second kappa shape index (κ2) is 4.75. The Hall–Kier alpha value is -1.93. The zero-order valence-corrected chi connectivity index (χ0v) is 10.0. The van der Waals surface area contributed by atoms with E-state index in [1.165, 1.54) is 12.3 Å². The summed E-state index contributed by atoms with van der Waals surface area (Å²) in [6.07, 6.45) is 3.02. The van der Waals surface area contributed by atoms with Crippen molar-refractivity contribution in [2.24, 2.45) is 0 Å². The fourth-order valence-electron chi connectivity index (χ4n) is 1.37. The lowest BCUT2D eigenvalue weighted by Crippen LogP contribution is -2.24. The molecule has 0 bridgehead atoms. The van der Waals surface area contributed by atoms with Gasteiger partial charge in [0.2, 0.25) is 10.0 Å². The van der Waals surface area contributed by atoms with Crippen LogP contribution in [-0.4, -0.2) is 18.6 Å². The number of halogens is 1. The number of anilines is 1. The molecule has 0 atom stereocenters. The number of rotatable bonds is 4. The molecule has 8 heteroatoms. The van der Waals surface area contributed by atoms with Crippen molar-refractivity contribution in [2.75, 3.05) is 5.73 Å². The fourth-order valence-corrected chi connectivity index (χ4v) is 2.44. The molecule has 0 amide bonds. The molecule has 0 spiro atoms. The SMILES string of the molecule is Nc1ccc(S(=O)(=O)NCc2cn[nH]c2)c(F)c1. The zero-order valence-electron chi connectivity index (χ0n) is 9.22. The molecule has 1 heterocycles. The largest absolute Gasteiger partial charge is 0.399 e. The van der Waals surface area contributed by atoms with Crippen LogP contribution < -0.4 is 10.5 Å². The van der Waals surface area contributed by atoms with Crippen LogP contribution in [0.25, 0.3) is 0 Å². The molecule has 0 fully saturated rings. The highest BCUT2D eigenvalue weighted by molar-refractivity contribution is 7.89. The Morgan fingerprint density at radius 2 is 2.22 bits per heavy atom. The molecule has 0 aliphatic rings. The highest BCUT2D eigenvalue weighted by atomic mass is 32.2. The maximum Gasteiger partial charge on any atom is 0.243 e. The lowest BCUT2D eigenvalue weighted by atomic mass is 10.3. The monoisotopic (exact) mass is 270 g/mol. The number of aromatic nitrogens is 2. The first kappa shape index (κ1) is 12.5. The third kappa shape index (κ3) is 2.66. The van der Waals surface area contributed by atoms with Crippen LogP contribution in [0, 0.1) is 5.82 Å². The Morgan fingerprint density at radius 3 is 2.83 bits per heavy atom. The summed E-state index contributed by atoms with van der Waals surface area (Å²) in [4.78, 5) is -0.430. The summed E-state index contributed by atoms with van der Waals surface area (Å²) in [5.74, 6) is -0.880. The van der Waals surface area contributed by atoms with E-state index in [0.29, 0.717) is 5.56 Å². The number of H-pyrrole nitrogens is 1. The van der Waals surface area contributed by atoms with Crippen molar-refractivity contribution >= 4 is 15.7 Å². The Morgan fingerprint density at radius 1 is 1.44 bits per heavy atom. The van der Waals surface area contributed by atoms with Crippen molar-refractivity contribution < 1.29 is 12.8 Å². The van der Waals surface area contributed by atoms with Crippen LogP contribution in [0.5, 0.6) is 0 Å². The van der Waals surface area contributed by atoms with Crippen molar-refractivity contribution in [2.45, 2.75) is 11.4 Å². The van der Waals surface area contributed by atoms with Crippen molar-refractivity contribution in [3.8, 4) is 0 Å². The molecule has 18 heavy (non-hydrogen) atoms. The topological polar surface area (TPSA) is 101 Å². The fraction of sp³-hybridized carbons (Fsp3) is 0.100. The minimum absolute atomic E-state index is 0.0304. The van der Waals surface area contributed by atoms with Gasteiger partial charge >= 0.3 is 0 Å². The molecule has 0 aliphatic carbocycles. The molecule has 2 aromatic rings. The number of nitrogens with two attached hydrogens (primary N) is 1. The third-order valence-electron chi connectivity index (χ3n) is 2.27. The lowest BCUT2D eigenvalue weighted by molar-refractivity contribution is 0.557. The van der Waals surface area contributed by atoms with Gasteiger partial charge in [0, 0.05) is 24.0 Å². The van der Waals surface area contributed by atoms with E-state index >= 15 is 0 Å². The predicted octanol–water partition coefficient (Wildman–Crippen LogP) is 0.609. The van der Waals surface area contributed by atoms with Crippen molar-refractivity contribution in [3.05, 3.63) is 42.0 Å². The van der Waals surface area contributed by atoms with Gasteiger partial charge in [-0.2, -0.15) is 5.10 Å². The average molecular weight is 270 g/mol. The molecule has 0 radical (unpaired) electrons. The molecular formula is C10H11FN4O2S. The van der Waals surface area contributed by atoms with Crippen LogP contribution in [-0.2, 0) is 16.6 Å². The van der Waals surface area contributed by atoms with E-state index in [-0.39, 0.29) is 12.2 Å². The lowest BCUT2D eigenvalue weighted by Gasteiger charge is -2.07. The predicted molar refractivity (Wildman–Crippen MR) is 63.4 cm³/mol. The molecular weight excluding hydrogens is 259 g/mol. The Bertz CT molecular complexity index is 640. The second-order valence-corrected chi connectivity index (χ2v) is 5.36. The summed E-state index contributed by atoms with van der Waals surface area (Å²) in [5.41, 5.74) is 6.17. The van der Waals surface area contributed by atoms with Crippen LogP contribution >= 0.6 is 0 Å². The quantitative estimate of drug-likeness (QED) is 0.708. The number of nitrogens with zero attached hydrogens (tertiary/aromatic N) is 1. The van der Waals surface area contributed by atoms with E-state index in [1.54, 1.807) is 6.20 Å². The van der Waals surface area contributed by atoms with Gasteiger partial charge in [0.25, 0.3) is 0 Å². The summed E-state index contributed by atoms with van der Waals surface area (Å²) in [6.45, 7) is 0.0304. The number of sulfonamides is 1. The normalized spacial score (nSPS) is 11.6. The van der Waals surface area contributed by atoms with E-state index < -0.39 is 20.7 Å². The summed E-state index contributed by atoms with van der Waals surface area (Å²) in [6, 6.07) is 3.42. The Kier molecular flexibility index (Phi) is 3.30. The summed E-state index contributed by atoms with van der Waals surface area (Å²) < 4.78 is 39.4. The van der Waals surface area contributed by atoms with E-state index in [2.05, 4.69) is 14.9 Å². The van der Waals surface area contributed by atoms with Crippen molar-refractivity contribution in [3.63, 3.8) is 0 Å². The minimum Gasteiger partial charge on any atom is -0.399 e. The molecule has 0 saturated heterocycles. The molecule has 96 valence electrons. The van der Waals surface area contributed by atoms with Crippen LogP contribution in [0.2, 0.25) is 0 Å². The van der Waals surface area contributed by atoms with Gasteiger partial charge in [0.1, 0.15) is 10.7 Å². The van der Waals surface area contributed by atoms with E-state index in [1.807, 2.05) is 0 Å². The third-order valence-corrected chi connectivity index (χ3v) is 3.70. The molecule has 6 nitrogen and oxygen atoms in total. The highest BCUT2D eigenvalue weighted by Gasteiger charge is 2.18. The van der Waals surface area contributed by atoms with E-state index in [4.69, 9.17) is 5.73 Å². The van der Waals surface area contributed by atoms with E-state index in [9.17, 15) is 12.8 Å². The van der Waals surface area contributed by atoms with Gasteiger partial charge in [-0.3, -0.25) is 5.10 Å². The molecule has 0 aliphatic heterocycles.